The summed E-state index contributed by atoms with van der Waals surface area (Å²) < 4.78 is 27.9. The van der Waals surface area contributed by atoms with Gasteiger partial charge in [-0.3, -0.25) is 4.39 Å². The number of benzene rings is 2. The van der Waals surface area contributed by atoms with Crippen molar-refractivity contribution < 1.29 is 8.78 Å². The van der Waals surface area contributed by atoms with E-state index in [1.807, 2.05) is 6.07 Å². The zero-order chi connectivity index (χ0) is 21.6. The summed E-state index contributed by atoms with van der Waals surface area (Å²) in [5, 5.41) is 0. The van der Waals surface area contributed by atoms with Gasteiger partial charge in [0.25, 0.3) is 0 Å². The summed E-state index contributed by atoms with van der Waals surface area (Å²) >= 11 is 0. The van der Waals surface area contributed by atoms with Gasteiger partial charge < -0.3 is 0 Å². The van der Waals surface area contributed by atoms with Gasteiger partial charge in [-0.25, -0.2) is 4.39 Å². The Morgan fingerprint density at radius 3 is 1.90 bits per heavy atom. The molecule has 0 bridgehead atoms. The lowest BCUT2D eigenvalue weighted by Crippen LogP contribution is -2.14. The molecule has 0 N–H and O–H groups in total. The maximum Gasteiger partial charge on any atom is 0.131 e. The van der Waals surface area contributed by atoms with Crippen LogP contribution in [0.2, 0.25) is 0 Å². The zero-order valence-electron chi connectivity index (χ0n) is 19.1. The molecular formula is C29H38F2. The second-order valence-corrected chi connectivity index (χ2v) is 10.1. The van der Waals surface area contributed by atoms with E-state index in [-0.39, 0.29) is 18.4 Å². The third-order valence-corrected chi connectivity index (χ3v) is 8.04. The molecule has 2 aliphatic carbocycles. The van der Waals surface area contributed by atoms with Gasteiger partial charge in [-0.2, -0.15) is 0 Å². The molecule has 2 aromatic carbocycles. The average Bonchev–Trinajstić information content (AvgIpc) is 2.83. The van der Waals surface area contributed by atoms with Gasteiger partial charge in [-0.15, -0.1) is 0 Å². The van der Waals surface area contributed by atoms with Crippen molar-refractivity contribution in [1.29, 1.82) is 0 Å². The summed E-state index contributed by atoms with van der Waals surface area (Å²) in [4.78, 5) is 0. The van der Waals surface area contributed by atoms with Crippen molar-refractivity contribution in [1.82, 2.24) is 0 Å². The van der Waals surface area contributed by atoms with E-state index in [9.17, 15) is 4.39 Å². The minimum absolute atomic E-state index is 0.0955. The fourth-order valence-corrected chi connectivity index (χ4v) is 5.88. The van der Waals surface area contributed by atoms with Gasteiger partial charge >= 0.3 is 0 Å². The Hall–Kier alpha value is -1.70. The van der Waals surface area contributed by atoms with Crippen LogP contribution in [0.4, 0.5) is 8.78 Å². The van der Waals surface area contributed by atoms with Crippen LogP contribution < -0.4 is 0 Å². The molecule has 4 rings (SSSR count). The van der Waals surface area contributed by atoms with Gasteiger partial charge in [0.1, 0.15) is 5.82 Å². The second kappa shape index (κ2) is 10.7. The summed E-state index contributed by atoms with van der Waals surface area (Å²) in [5.41, 5.74) is 4.15. The quantitative estimate of drug-likeness (QED) is 0.415. The molecule has 0 aromatic heterocycles. The first-order valence-corrected chi connectivity index (χ1v) is 12.6. The SMILES string of the molecule is CCCCC1CCC(c2ccc(-c3ccc(C4CCC(CF)CC4)cc3)c(F)c2)CC1. The van der Waals surface area contributed by atoms with Crippen LogP contribution >= 0.6 is 0 Å². The maximum absolute atomic E-state index is 15.0. The highest BCUT2D eigenvalue weighted by molar-refractivity contribution is 5.65. The summed E-state index contributed by atoms with van der Waals surface area (Å²) in [6, 6.07) is 14.4. The maximum atomic E-state index is 15.0. The Morgan fingerprint density at radius 2 is 1.32 bits per heavy atom. The smallest absolute Gasteiger partial charge is 0.131 e. The van der Waals surface area contributed by atoms with Crippen LogP contribution in [0.25, 0.3) is 11.1 Å². The molecule has 0 saturated heterocycles. The third-order valence-electron chi connectivity index (χ3n) is 8.04. The Balaban J connectivity index is 1.38. The molecule has 0 heterocycles. The Bertz CT molecular complexity index is 809. The van der Waals surface area contributed by atoms with E-state index < -0.39 is 0 Å². The molecule has 2 aliphatic rings. The number of rotatable bonds is 7. The highest BCUT2D eigenvalue weighted by Crippen LogP contribution is 2.39. The van der Waals surface area contributed by atoms with Crippen LogP contribution in [0.5, 0.6) is 0 Å². The molecule has 2 aromatic rings. The molecule has 0 aliphatic heterocycles. The van der Waals surface area contributed by atoms with Crippen LogP contribution in [-0.2, 0) is 0 Å². The van der Waals surface area contributed by atoms with Gasteiger partial charge in [0, 0.05) is 5.56 Å². The van der Waals surface area contributed by atoms with Gasteiger partial charge in [0.15, 0.2) is 0 Å². The molecule has 2 fully saturated rings. The fourth-order valence-electron chi connectivity index (χ4n) is 5.88. The Labute approximate surface area is 187 Å². The second-order valence-electron chi connectivity index (χ2n) is 10.1. The molecule has 0 nitrogen and oxygen atoms in total. The number of halogens is 2. The van der Waals surface area contributed by atoms with Crippen LogP contribution in [0, 0.1) is 17.7 Å². The first-order valence-electron chi connectivity index (χ1n) is 12.6. The largest absolute Gasteiger partial charge is 0.251 e. The number of hydrogen-bond donors (Lipinski definition) is 0. The van der Waals surface area contributed by atoms with E-state index in [1.54, 1.807) is 6.07 Å². The van der Waals surface area contributed by atoms with E-state index in [4.69, 9.17) is 0 Å². The Morgan fingerprint density at radius 1 is 0.742 bits per heavy atom. The summed E-state index contributed by atoms with van der Waals surface area (Å²) in [6.07, 6.45) is 13.1. The summed E-state index contributed by atoms with van der Waals surface area (Å²) in [5.74, 6) is 2.09. The molecule has 0 atom stereocenters. The highest BCUT2D eigenvalue weighted by atomic mass is 19.1. The van der Waals surface area contributed by atoms with Crippen LogP contribution in [0.1, 0.15) is 101 Å². The van der Waals surface area contributed by atoms with E-state index in [2.05, 4.69) is 37.3 Å². The standard InChI is InChI=1S/C29H38F2/c1-2-3-4-21-5-9-25(10-6-21)27-17-18-28(29(31)19-27)26-15-13-24(14-16-26)23-11-7-22(20-30)8-12-23/h13-19,21-23,25H,2-12,20H2,1H3. The van der Waals surface area contributed by atoms with E-state index in [1.165, 1.54) is 56.1 Å². The van der Waals surface area contributed by atoms with Crippen molar-refractivity contribution in [2.75, 3.05) is 6.67 Å². The zero-order valence-corrected chi connectivity index (χ0v) is 19.1. The first kappa shape index (κ1) is 22.5. The van der Waals surface area contributed by atoms with Crippen molar-refractivity contribution in [3.05, 3.63) is 59.4 Å². The lowest BCUT2D eigenvalue weighted by Gasteiger charge is -2.29. The lowest BCUT2D eigenvalue weighted by molar-refractivity contribution is 0.263. The van der Waals surface area contributed by atoms with Crippen LogP contribution in [0.15, 0.2) is 42.5 Å². The molecule has 168 valence electrons. The summed E-state index contributed by atoms with van der Waals surface area (Å²) in [6.45, 7) is 2.09. The monoisotopic (exact) mass is 424 g/mol. The summed E-state index contributed by atoms with van der Waals surface area (Å²) in [7, 11) is 0. The van der Waals surface area contributed by atoms with Crippen molar-refractivity contribution >= 4 is 0 Å². The minimum atomic E-state index is -0.179. The van der Waals surface area contributed by atoms with Crippen molar-refractivity contribution in [2.45, 2.75) is 89.4 Å². The topological polar surface area (TPSA) is 0 Å². The fraction of sp³-hybridized carbons (Fsp3) is 0.586. The Kier molecular flexibility index (Phi) is 7.80. The predicted molar refractivity (Wildman–Crippen MR) is 127 cm³/mol. The molecule has 0 amide bonds. The van der Waals surface area contributed by atoms with Gasteiger partial charge in [-0.1, -0.05) is 62.6 Å². The lowest BCUT2D eigenvalue weighted by atomic mass is 9.77. The van der Waals surface area contributed by atoms with E-state index >= 15 is 4.39 Å². The molecule has 31 heavy (non-hydrogen) atoms. The third kappa shape index (κ3) is 5.57. The van der Waals surface area contributed by atoms with Gasteiger partial charge in [-0.05, 0) is 97.8 Å². The molecule has 0 spiro atoms. The van der Waals surface area contributed by atoms with Crippen LogP contribution in [0.3, 0.4) is 0 Å². The first-order chi connectivity index (χ1) is 15.2. The van der Waals surface area contributed by atoms with Crippen molar-refractivity contribution in [3.63, 3.8) is 0 Å². The predicted octanol–water partition coefficient (Wildman–Crippen LogP) is 9.20. The van der Waals surface area contributed by atoms with Crippen molar-refractivity contribution in [3.8, 4) is 11.1 Å². The molecule has 2 heteroatoms. The number of alkyl halides is 1. The molecular weight excluding hydrogens is 386 g/mol. The molecule has 2 saturated carbocycles. The minimum Gasteiger partial charge on any atom is -0.251 e. The van der Waals surface area contributed by atoms with E-state index in [0.717, 1.165) is 37.2 Å². The van der Waals surface area contributed by atoms with Crippen molar-refractivity contribution in [2.24, 2.45) is 11.8 Å². The molecule has 0 radical (unpaired) electrons. The normalized spacial score (nSPS) is 26.7. The van der Waals surface area contributed by atoms with E-state index in [0.29, 0.717) is 17.4 Å². The molecule has 0 unspecified atom stereocenters. The highest BCUT2D eigenvalue weighted by Gasteiger charge is 2.24. The van der Waals surface area contributed by atoms with Crippen LogP contribution in [-0.4, -0.2) is 6.67 Å². The number of unbranched alkanes of at least 4 members (excludes halogenated alkanes) is 1. The van der Waals surface area contributed by atoms with Gasteiger partial charge in [0.2, 0.25) is 0 Å². The number of hydrogen-bond acceptors (Lipinski definition) is 0. The average molecular weight is 425 g/mol. The van der Waals surface area contributed by atoms with Gasteiger partial charge in [0.05, 0.1) is 6.67 Å².